The van der Waals surface area contributed by atoms with Crippen LogP contribution in [0.15, 0.2) is 24.3 Å². The second kappa shape index (κ2) is 9.40. The number of halogens is 1. The van der Waals surface area contributed by atoms with Crippen molar-refractivity contribution in [3.8, 4) is 0 Å². The van der Waals surface area contributed by atoms with Crippen molar-refractivity contribution in [2.45, 2.75) is 57.9 Å². The number of nitrogens with zero attached hydrogens (tertiary/aromatic N) is 1. The molecule has 4 nitrogen and oxygen atoms in total. The van der Waals surface area contributed by atoms with Crippen LogP contribution in [0.4, 0.5) is 0 Å². The number of likely N-dealkylation sites (tertiary alicyclic amines) is 1. The number of benzene rings is 1. The Morgan fingerprint density at radius 2 is 1.73 bits per heavy atom. The van der Waals surface area contributed by atoms with Crippen molar-refractivity contribution in [1.82, 2.24) is 10.2 Å². The molecule has 1 saturated carbocycles. The van der Waals surface area contributed by atoms with E-state index in [2.05, 4.69) is 5.32 Å². The van der Waals surface area contributed by atoms with E-state index in [-0.39, 0.29) is 11.8 Å². The van der Waals surface area contributed by atoms with Gasteiger partial charge in [-0.2, -0.15) is 0 Å². The molecule has 142 valence electrons. The van der Waals surface area contributed by atoms with Gasteiger partial charge in [-0.15, -0.1) is 0 Å². The van der Waals surface area contributed by atoms with Gasteiger partial charge in [-0.05, 0) is 43.2 Å². The maximum atomic E-state index is 12.6. The summed E-state index contributed by atoms with van der Waals surface area (Å²) in [6, 6.07) is 7.57. The highest BCUT2D eigenvalue weighted by atomic mass is 35.5. The van der Waals surface area contributed by atoms with Crippen LogP contribution in [0.1, 0.15) is 56.9 Å². The van der Waals surface area contributed by atoms with Gasteiger partial charge in [0, 0.05) is 37.0 Å². The maximum absolute atomic E-state index is 12.6. The first kappa shape index (κ1) is 19.2. The normalized spacial score (nSPS) is 19.3. The Bertz CT molecular complexity index is 620. The number of carbonyl (C=O) groups is 2. The fourth-order valence-electron chi connectivity index (χ4n) is 4.14. The summed E-state index contributed by atoms with van der Waals surface area (Å²) in [5.74, 6) is 1.05. The molecule has 3 rings (SSSR count). The van der Waals surface area contributed by atoms with E-state index < -0.39 is 0 Å². The fourth-order valence-corrected chi connectivity index (χ4v) is 4.34. The zero-order chi connectivity index (χ0) is 18.4. The zero-order valence-corrected chi connectivity index (χ0v) is 16.1. The summed E-state index contributed by atoms with van der Waals surface area (Å²) in [6.45, 7) is 2.08. The first-order chi connectivity index (χ1) is 12.6. The number of carbonyl (C=O) groups excluding carboxylic acids is 2. The SMILES string of the molecule is O=C(CC1CCN(C(=O)C2CCCCC2)CC1)NCc1ccccc1Cl. The Balaban J connectivity index is 1.38. The van der Waals surface area contributed by atoms with Crippen LogP contribution in [0.2, 0.25) is 5.02 Å². The van der Waals surface area contributed by atoms with Gasteiger partial charge in [0.05, 0.1) is 0 Å². The topological polar surface area (TPSA) is 49.4 Å². The van der Waals surface area contributed by atoms with Crippen LogP contribution in [0.5, 0.6) is 0 Å². The molecule has 2 aliphatic rings. The summed E-state index contributed by atoms with van der Waals surface area (Å²) >= 11 is 6.12. The van der Waals surface area contributed by atoms with Crippen LogP contribution in [0, 0.1) is 11.8 Å². The van der Waals surface area contributed by atoms with E-state index in [0.29, 0.717) is 29.8 Å². The number of rotatable bonds is 5. The molecule has 0 unspecified atom stereocenters. The van der Waals surface area contributed by atoms with E-state index in [9.17, 15) is 9.59 Å². The van der Waals surface area contributed by atoms with Gasteiger partial charge in [0.15, 0.2) is 0 Å². The lowest BCUT2D eigenvalue weighted by Crippen LogP contribution is -2.43. The van der Waals surface area contributed by atoms with Crippen molar-refractivity contribution < 1.29 is 9.59 Å². The number of hydrogen-bond acceptors (Lipinski definition) is 2. The minimum absolute atomic E-state index is 0.0713. The Labute approximate surface area is 161 Å². The molecule has 26 heavy (non-hydrogen) atoms. The lowest BCUT2D eigenvalue weighted by atomic mass is 9.87. The zero-order valence-electron chi connectivity index (χ0n) is 15.4. The molecule has 0 radical (unpaired) electrons. The third-order valence-electron chi connectivity index (χ3n) is 5.79. The van der Waals surface area contributed by atoms with E-state index in [4.69, 9.17) is 11.6 Å². The number of piperidine rings is 1. The highest BCUT2D eigenvalue weighted by Crippen LogP contribution is 2.28. The Morgan fingerprint density at radius 3 is 2.42 bits per heavy atom. The van der Waals surface area contributed by atoms with Crippen molar-refractivity contribution in [2.24, 2.45) is 11.8 Å². The van der Waals surface area contributed by atoms with Gasteiger partial charge >= 0.3 is 0 Å². The fraction of sp³-hybridized carbons (Fsp3) is 0.619. The predicted molar refractivity (Wildman–Crippen MR) is 104 cm³/mol. The lowest BCUT2D eigenvalue weighted by molar-refractivity contribution is -0.138. The van der Waals surface area contributed by atoms with E-state index in [1.807, 2.05) is 29.2 Å². The number of hydrogen-bond donors (Lipinski definition) is 1. The van der Waals surface area contributed by atoms with Crippen molar-refractivity contribution in [3.63, 3.8) is 0 Å². The minimum Gasteiger partial charge on any atom is -0.352 e. The van der Waals surface area contributed by atoms with Crippen molar-refractivity contribution in [3.05, 3.63) is 34.9 Å². The molecule has 2 amide bonds. The molecule has 2 fully saturated rings. The van der Waals surface area contributed by atoms with Gasteiger partial charge in [-0.3, -0.25) is 9.59 Å². The van der Waals surface area contributed by atoms with E-state index in [1.165, 1.54) is 19.3 Å². The molecule has 0 spiro atoms. The standard InChI is InChI=1S/C21H29ClN2O2/c22-19-9-5-4-8-18(19)15-23-20(25)14-16-10-12-24(13-11-16)21(26)17-6-2-1-3-7-17/h4-5,8-9,16-17H,1-3,6-7,10-15H2,(H,23,25). The predicted octanol–water partition coefficient (Wildman–Crippen LogP) is 4.17. The van der Waals surface area contributed by atoms with E-state index in [0.717, 1.165) is 44.3 Å². The second-order valence-electron chi connectivity index (χ2n) is 7.68. The Kier molecular flexibility index (Phi) is 6.95. The average molecular weight is 377 g/mol. The van der Waals surface area contributed by atoms with Gasteiger partial charge in [0.1, 0.15) is 0 Å². The highest BCUT2D eigenvalue weighted by molar-refractivity contribution is 6.31. The minimum atomic E-state index is 0.0713. The Morgan fingerprint density at radius 1 is 1.04 bits per heavy atom. The molecule has 1 aliphatic heterocycles. The van der Waals surface area contributed by atoms with Crippen molar-refractivity contribution in [2.75, 3.05) is 13.1 Å². The summed E-state index contributed by atoms with van der Waals surface area (Å²) in [6.07, 6.45) is 8.17. The van der Waals surface area contributed by atoms with Crippen LogP contribution in [-0.4, -0.2) is 29.8 Å². The van der Waals surface area contributed by atoms with Crippen LogP contribution in [0.3, 0.4) is 0 Å². The summed E-state index contributed by atoms with van der Waals surface area (Å²) in [5.41, 5.74) is 0.940. The molecule has 1 aromatic rings. The van der Waals surface area contributed by atoms with Gasteiger partial charge < -0.3 is 10.2 Å². The molecule has 1 aliphatic carbocycles. The second-order valence-corrected chi connectivity index (χ2v) is 8.08. The quantitative estimate of drug-likeness (QED) is 0.838. The third kappa shape index (κ3) is 5.23. The number of nitrogens with one attached hydrogen (secondary N) is 1. The van der Waals surface area contributed by atoms with Crippen molar-refractivity contribution >= 4 is 23.4 Å². The Hall–Kier alpha value is -1.55. The molecule has 1 N–H and O–H groups in total. The number of amides is 2. The molecule has 1 saturated heterocycles. The molecule has 0 aromatic heterocycles. The monoisotopic (exact) mass is 376 g/mol. The first-order valence-corrected chi connectivity index (χ1v) is 10.3. The van der Waals surface area contributed by atoms with Gasteiger partial charge in [0.2, 0.25) is 11.8 Å². The summed E-state index contributed by atoms with van der Waals surface area (Å²) < 4.78 is 0. The van der Waals surface area contributed by atoms with Gasteiger partial charge in [-0.25, -0.2) is 0 Å². The molecule has 0 atom stereocenters. The summed E-state index contributed by atoms with van der Waals surface area (Å²) in [7, 11) is 0. The molecule has 5 heteroatoms. The molecule has 0 bridgehead atoms. The van der Waals surface area contributed by atoms with Gasteiger partial charge in [-0.1, -0.05) is 49.1 Å². The molecular weight excluding hydrogens is 348 g/mol. The van der Waals surface area contributed by atoms with Crippen LogP contribution >= 0.6 is 11.6 Å². The van der Waals surface area contributed by atoms with Crippen LogP contribution < -0.4 is 5.32 Å². The average Bonchev–Trinajstić information content (AvgIpc) is 2.68. The first-order valence-electron chi connectivity index (χ1n) is 9.92. The van der Waals surface area contributed by atoms with E-state index >= 15 is 0 Å². The molecular formula is C21H29ClN2O2. The van der Waals surface area contributed by atoms with Crippen molar-refractivity contribution in [1.29, 1.82) is 0 Å². The molecule has 1 heterocycles. The van der Waals surface area contributed by atoms with E-state index in [1.54, 1.807) is 0 Å². The smallest absolute Gasteiger partial charge is 0.225 e. The third-order valence-corrected chi connectivity index (χ3v) is 6.16. The maximum Gasteiger partial charge on any atom is 0.225 e. The molecule has 1 aromatic carbocycles. The highest BCUT2D eigenvalue weighted by Gasteiger charge is 2.29. The summed E-state index contributed by atoms with van der Waals surface area (Å²) in [5, 5.41) is 3.65. The lowest BCUT2D eigenvalue weighted by Gasteiger charge is -2.35. The van der Waals surface area contributed by atoms with Crippen LogP contribution in [0.25, 0.3) is 0 Å². The summed E-state index contributed by atoms with van der Waals surface area (Å²) in [4.78, 5) is 26.9. The van der Waals surface area contributed by atoms with Crippen LogP contribution in [-0.2, 0) is 16.1 Å². The van der Waals surface area contributed by atoms with Gasteiger partial charge in [0.25, 0.3) is 0 Å². The largest absolute Gasteiger partial charge is 0.352 e.